The lowest BCUT2D eigenvalue weighted by molar-refractivity contribution is -0.0852. The summed E-state index contributed by atoms with van der Waals surface area (Å²) in [5.41, 5.74) is 1.34. The van der Waals surface area contributed by atoms with Crippen LogP contribution in [0.1, 0.15) is 55.3 Å². The van der Waals surface area contributed by atoms with Crippen molar-refractivity contribution in [3.63, 3.8) is 0 Å². The van der Waals surface area contributed by atoms with Gasteiger partial charge < -0.3 is 0 Å². The molecule has 2 aliphatic rings. The number of hydrogen-bond acceptors (Lipinski definition) is 8. The molecule has 2 aliphatic heterocycles. The highest BCUT2D eigenvalue weighted by Gasteiger charge is 2.36. The first-order valence-corrected chi connectivity index (χ1v) is 14.3. The van der Waals surface area contributed by atoms with E-state index in [0.717, 1.165) is 21.9 Å². The fourth-order valence-electron chi connectivity index (χ4n) is 2.99. The molecule has 2 aromatic carbocycles. The van der Waals surface area contributed by atoms with Gasteiger partial charge in [0, 0.05) is 16.8 Å². The average molecular weight is 584 g/mol. The van der Waals surface area contributed by atoms with Gasteiger partial charge in [0.25, 0.3) is 23.6 Å². The Morgan fingerprint density at radius 2 is 1.14 bits per heavy atom. The molecule has 8 nitrogen and oxygen atoms in total. The normalized spacial score (nSPS) is 13.7. The summed E-state index contributed by atoms with van der Waals surface area (Å²) in [6.45, 7) is 4.59. The predicted octanol–water partition coefficient (Wildman–Crippen LogP) is 4.77. The Hall–Kier alpha value is -2.18. The minimum absolute atomic E-state index is 0.130. The van der Waals surface area contributed by atoms with E-state index in [0.29, 0.717) is 17.7 Å². The predicted molar refractivity (Wildman–Crippen MR) is 141 cm³/mol. The second kappa shape index (κ2) is 15.0. The van der Waals surface area contributed by atoms with Crippen molar-refractivity contribution >= 4 is 63.1 Å². The highest BCUT2D eigenvalue weighted by Crippen LogP contribution is 2.22. The molecule has 0 aromatic heterocycles. The Kier molecular flexibility index (Phi) is 12.5. The summed E-state index contributed by atoms with van der Waals surface area (Å²) in [7, 11) is 0. The third kappa shape index (κ3) is 7.65. The van der Waals surface area contributed by atoms with Gasteiger partial charge >= 0.3 is 0 Å². The second-order valence-electron chi connectivity index (χ2n) is 6.83. The minimum atomic E-state index is -0.657. The van der Waals surface area contributed by atoms with Crippen molar-refractivity contribution in [2.24, 2.45) is 0 Å². The molecule has 0 radical (unpaired) electrons. The second-order valence-corrected chi connectivity index (χ2v) is 10.4. The molecular weight excluding hydrogens is 556 g/mol. The molecule has 4 rings (SSSR count). The van der Waals surface area contributed by atoms with Crippen molar-refractivity contribution in [3.8, 4) is 0 Å². The lowest BCUT2D eigenvalue weighted by Gasteiger charge is -2.12. The first-order chi connectivity index (χ1) is 16.9. The largest absolute Gasteiger partial charge is 0.285 e. The zero-order chi connectivity index (χ0) is 25.8. The maximum absolute atomic E-state index is 11.8. The number of hydroxylamine groups is 4. The van der Waals surface area contributed by atoms with Gasteiger partial charge in [-0.1, -0.05) is 54.0 Å². The van der Waals surface area contributed by atoms with E-state index in [2.05, 4.69) is 22.9 Å². The van der Waals surface area contributed by atoms with Crippen LogP contribution in [-0.2, 0) is 4.84 Å². The maximum Gasteiger partial charge on any atom is 0.285 e. The molecule has 35 heavy (non-hydrogen) atoms. The van der Waals surface area contributed by atoms with Crippen LogP contribution >= 0.6 is 39.5 Å². The van der Waals surface area contributed by atoms with E-state index in [1.165, 1.54) is 23.6 Å². The summed E-state index contributed by atoms with van der Waals surface area (Å²) in [6.07, 6.45) is 0. The smallest absolute Gasteiger partial charge is 0.278 e. The first kappa shape index (κ1) is 29.1. The van der Waals surface area contributed by atoms with Crippen molar-refractivity contribution in [2.45, 2.75) is 13.8 Å². The zero-order valence-corrected chi connectivity index (χ0v) is 22.7. The molecule has 2 aromatic rings. The van der Waals surface area contributed by atoms with Gasteiger partial charge in [0.2, 0.25) is 0 Å². The van der Waals surface area contributed by atoms with Gasteiger partial charge in [0.05, 0.1) is 28.9 Å². The molecule has 188 valence electrons. The van der Waals surface area contributed by atoms with Gasteiger partial charge in [-0.2, -0.15) is 23.5 Å². The summed E-state index contributed by atoms with van der Waals surface area (Å²) >= 11 is 6.99. The molecule has 0 unspecified atom stereocenters. The van der Waals surface area contributed by atoms with Crippen LogP contribution in [0, 0.1) is 0 Å². The Morgan fingerprint density at radius 1 is 0.743 bits per heavy atom. The Bertz CT molecular complexity index is 978. The molecule has 0 fully saturated rings. The van der Waals surface area contributed by atoms with Crippen molar-refractivity contribution in [2.75, 3.05) is 34.9 Å². The number of rotatable bonds is 8. The van der Waals surface area contributed by atoms with Crippen LogP contribution in [-0.4, -0.2) is 73.9 Å². The van der Waals surface area contributed by atoms with Gasteiger partial charge in [-0.25, -0.2) is 0 Å². The summed E-state index contributed by atoms with van der Waals surface area (Å²) < 4.78 is 0. The number of carbonyl (C=O) groups excluding carboxylic acids is 4. The molecule has 1 N–H and O–H groups in total. The third-order valence-electron chi connectivity index (χ3n) is 4.61. The number of carbonyl (C=O) groups is 4. The fourth-order valence-corrected chi connectivity index (χ4v) is 4.56. The number of alkyl halides is 1. The maximum atomic E-state index is 11.8. The van der Waals surface area contributed by atoms with Gasteiger partial charge in [-0.05, 0) is 35.8 Å². The Morgan fingerprint density at radius 3 is 1.51 bits per heavy atom. The molecule has 2 heterocycles. The van der Waals surface area contributed by atoms with Crippen LogP contribution in [0.3, 0.4) is 0 Å². The van der Waals surface area contributed by atoms with Crippen molar-refractivity contribution < 1.29 is 29.2 Å². The number of nitrogens with zero attached hydrogens (tertiary/aromatic N) is 2. The van der Waals surface area contributed by atoms with E-state index in [1.807, 2.05) is 18.7 Å². The van der Waals surface area contributed by atoms with Crippen LogP contribution in [0.5, 0.6) is 0 Å². The molecule has 11 heteroatoms. The first-order valence-electron chi connectivity index (χ1n) is 10.9. The molecule has 0 spiro atoms. The topological polar surface area (TPSA) is 104 Å². The van der Waals surface area contributed by atoms with E-state index < -0.39 is 11.8 Å². The Labute approximate surface area is 221 Å². The SMILES string of the molecule is CCSCCBr.CCSCCON1C(=O)c2ccccc2C1=O.O=C1c2ccccc2C(=O)N1O. The van der Waals surface area contributed by atoms with Gasteiger partial charge in [0.1, 0.15) is 0 Å². The molecule has 0 saturated heterocycles. The summed E-state index contributed by atoms with van der Waals surface area (Å²) in [4.78, 5) is 51.0. The number of halogens is 1. The average Bonchev–Trinajstić information content (AvgIpc) is 3.26. The molecule has 0 saturated carbocycles. The number of fused-ring (bicyclic) bond motifs is 2. The quantitative estimate of drug-likeness (QED) is 0.205. The van der Waals surface area contributed by atoms with Crippen molar-refractivity contribution in [1.29, 1.82) is 0 Å². The number of imide groups is 2. The van der Waals surface area contributed by atoms with E-state index in [-0.39, 0.29) is 28.0 Å². The summed E-state index contributed by atoms with van der Waals surface area (Å²) in [6, 6.07) is 13.0. The third-order valence-corrected chi connectivity index (χ3v) is 7.29. The number of thioether (sulfide) groups is 2. The van der Waals surface area contributed by atoms with E-state index in [9.17, 15) is 19.2 Å². The molecule has 0 aliphatic carbocycles. The lowest BCUT2D eigenvalue weighted by atomic mass is 10.1. The summed E-state index contributed by atoms with van der Waals surface area (Å²) in [5, 5.41) is 11.0. The number of hydrogen-bond donors (Lipinski definition) is 1. The van der Waals surface area contributed by atoms with Crippen LogP contribution in [0.2, 0.25) is 0 Å². The minimum Gasteiger partial charge on any atom is -0.278 e. The molecule has 4 amide bonds. The molecular formula is C24H27BrN2O6S2. The highest BCUT2D eigenvalue weighted by atomic mass is 79.9. The van der Waals surface area contributed by atoms with Crippen molar-refractivity contribution in [3.05, 3.63) is 70.8 Å². The molecule has 0 atom stereocenters. The molecule has 0 bridgehead atoms. The number of amides is 4. The van der Waals surface area contributed by atoms with Crippen LogP contribution in [0.25, 0.3) is 0 Å². The monoisotopic (exact) mass is 582 g/mol. The van der Waals surface area contributed by atoms with Gasteiger partial charge in [-0.15, -0.1) is 10.1 Å². The van der Waals surface area contributed by atoms with Crippen molar-refractivity contribution in [1.82, 2.24) is 10.1 Å². The standard InChI is InChI=1S/C12H13NO3S.C8H5NO3.C4H9BrS/c1-2-17-8-7-16-13-11(14)9-5-3-4-6-10(9)12(13)15;10-7-5-3-1-2-4-6(5)8(11)9(7)12;1-2-6-4-3-5/h3-6H,2,7-8H2,1H3;1-4,12H;2-4H2,1H3. The lowest BCUT2D eigenvalue weighted by Crippen LogP contribution is -2.30. The fraction of sp³-hybridized carbons (Fsp3) is 0.333. The van der Waals surface area contributed by atoms with Crippen LogP contribution < -0.4 is 0 Å². The van der Waals surface area contributed by atoms with Gasteiger partial charge in [-0.3, -0.25) is 29.2 Å². The Balaban J connectivity index is 0.000000209. The number of benzene rings is 2. The van der Waals surface area contributed by atoms with Gasteiger partial charge in [0.15, 0.2) is 0 Å². The highest BCUT2D eigenvalue weighted by molar-refractivity contribution is 9.09. The van der Waals surface area contributed by atoms with Crippen LogP contribution in [0.15, 0.2) is 48.5 Å². The van der Waals surface area contributed by atoms with E-state index in [1.54, 1.807) is 48.2 Å². The van der Waals surface area contributed by atoms with E-state index in [4.69, 9.17) is 10.0 Å². The summed E-state index contributed by atoms with van der Waals surface area (Å²) in [5.74, 6) is 2.20. The van der Waals surface area contributed by atoms with Crippen LogP contribution in [0.4, 0.5) is 0 Å². The zero-order valence-electron chi connectivity index (χ0n) is 19.4. The van der Waals surface area contributed by atoms with E-state index >= 15 is 0 Å².